The maximum absolute atomic E-state index is 12.9. The predicted molar refractivity (Wildman–Crippen MR) is 118 cm³/mol. The van der Waals surface area contributed by atoms with Gasteiger partial charge < -0.3 is 10.6 Å². The van der Waals surface area contributed by atoms with E-state index in [0.717, 1.165) is 11.1 Å². The van der Waals surface area contributed by atoms with Crippen molar-refractivity contribution in [3.63, 3.8) is 0 Å². The Balaban J connectivity index is 1.51. The zero-order chi connectivity index (χ0) is 21.5. The molecule has 0 aliphatic carbocycles. The van der Waals surface area contributed by atoms with Crippen LogP contribution in [0.3, 0.4) is 0 Å². The van der Waals surface area contributed by atoms with Gasteiger partial charge in [-0.05, 0) is 17.7 Å². The second kappa shape index (κ2) is 9.49. The number of nitrogens with zero attached hydrogens (tertiary/aromatic N) is 3. The van der Waals surface area contributed by atoms with E-state index in [4.69, 9.17) is 0 Å². The monoisotopic (exact) mass is 411 g/mol. The molecule has 0 bridgehead atoms. The highest BCUT2D eigenvalue weighted by molar-refractivity contribution is 6.02. The van der Waals surface area contributed by atoms with Crippen molar-refractivity contribution in [2.24, 2.45) is 0 Å². The van der Waals surface area contributed by atoms with Crippen LogP contribution in [0.4, 0.5) is 5.82 Å². The summed E-state index contributed by atoms with van der Waals surface area (Å²) in [6.07, 6.45) is 3.29. The Morgan fingerprint density at radius 2 is 1.58 bits per heavy atom. The molecular weight excluding hydrogens is 390 g/mol. The minimum atomic E-state index is -0.366. The van der Waals surface area contributed by atoms with Crippen LogP contribution in [0.2, 0.25) is 0 Å². The Kier molecular flexibility index (Phi) is 6.13. The third-order valence-electron chi connectivity index (χ3n) is 4.58. The lowest BCUT2D eigenvalue weighted by Crippen LogP contribution is -2.33. The first kappa shape index (κ1) is 20.0. The molecule has 0 aliphatic rings. The van der Waals surface area contributed by atoms with Gasteiger partial charge in [0, 0.05) is 18.0 Å². The van der Waals surface area contributed by atoms with Crippen LogP contribution >= 0.6 is 0 Å². The fourth-order valence-electron chi connectivity index (χ4n) is 3.13. The second-order valence-corrected chi connectivity index (χ2v) is 6.89. The number of amides is 2. The van der Waals surface area contributed by atoms with E-state index in [1.54, 1.807) is 35.3 Å². The molecule has 7 heteroatoms. The summed E-state index contributed by atoms with van der Waals surface area (Å²) in [5, 5.41) is 9.96. The summed E-state index contributed by atoms with van der Waals surface area (Å²) >= 11 is 0. The first-order chi connectivity index (χ1) is 15.2. The largest absolute Gasteiger partial charge is 0.343 e. The second-order valence-electron chi connectivity index (χ2n) is 6.89. The Morgan fingerprint density at radius 1 is 0.871 bits per heavy atom. The van der Waals surface area contributed by atoms with E-state index >= 15 is 0 Å². The van der Waals surface area contributed by atoms with E-state index in [1.165, 1.54) is 0 Å². The molecule has 0 spiro atoms. The Labute approximate surface area is 179 Å². The smallest absolute Gasteiger partial charge is 0.255 e. The molecule has 0 aliphatic heterocycles. The minimum absolute atomic E-state index is 0.173. The lowest BCUT2D eigenvalue weighted by atomic mass is 10.1. The number of aromatic nitrogens is 3. The maximum Gasteiger partial charge on any atom is 0.255 e. The van der Waals surface area contributed by atoms with Crippen LogP contribution in [0.5, 0.6) is 0 Å². The molecule has 31 heavy (non-hydrogen) atoms. The van der Waals surface area contributed by atoms with Gasteiger partial charge >= 0.3 is 0 Å². The standard InChI is InChI=1S/C24H21N5O2/c30-22(27-21-13-7-8-14-25-21)15-26-24(31)20-17-29(16-18-9-3-1-4-10-18)28-23(20)19-11-5-2-6-12-19/h1-14,17H,15-16H2,(H,26,31)(H,25,27,30). The number of hydrogen-bond donors (Lipinski definition) is 2. The highest BCUT2D eigenvalue weighted by Crippen LogP contribution is 2.22. The lowest BCUT2D eigenvalue weighted by Gasteiger charge is -2.06. The number of carbonyl (C=O) groups excluding carboxylic acids is 2. The number of benzene rings is 2. The molecule has 2 amide bonds. The summed E-state index contributed by atoms with van der Waals surface area (Å²) in [6.45, 7) is 0.363. The molecule has 0 saturated carbocycles. The molecule has 7 nitrogen and oxygen atoms in total. The summed E-state index contributed by atoms with van der Waals surface area (Å²) in [6, 6.07) is 24.6. The van der Waals surface area contributed by atoms with Gasteiger partial charge in [0.25, 0.3) is 5.91 Å². The van der Waals surface area contributed by atoms with Crippen molar-refractivity contribution in [2.75, 3.05) is 11.9 Å². The molecule has 0 saturated heterocycles. The average Bonchev–Trinajstić information content (AvgIpc) is 3.23. The van der Waals surface area contributed by atoms with E-state index in [9.17, 15) is 9.59 Å². The van der Waals surface area contributed by atoms with Crippen molar-refractivity contribution in [2.45, 2.75) is 6.54 Å². The molecule has 2 aromatic carbocycles. The quantitative estimate of drug-likeness (QED) is 0.488. The third-order valence-corrected chi connectivity index (χ3v) is 4.58. The molecule has 0 unspecified atom stereocenters. The fraction of sp³-hybridized carbons (Fsp3) is 0.0833. The van der Waals surface area contributed by atoms with Gasteiger partial charge in [-0.25, -0.2) is 4.98 Å². The van der Waals surface area contributed by atoms with Crippen molar-refractivity contribution in [1.29, 1.82) is 0 Å². The molecule has 2 N–H and O–H groups in total. The third kappa shape index (κ3) is 5.22. The maximum atomic E-state index is 12.9. The summed E-state index contributed by atoms with van der Waals surface area (Å²) in [5.41, 5.74) is 2.88. The zero-order valence-corrected chi connectivity index (χ0v) is 16.7. The van der Waals surface area contributed by atoms with Crippen molar-refractivity contribution in [1.82, 2.24) is 20.1 Å². The summed E-state index contributed by atoms with van der Waals surface area (Å²) in [5.74, 6) is -0.290. The fourth-order valence-corrected chi connectivity index (χ4v) is 3.13. The van der Waals surface area contributed by atoms with Gasteiger partial charge in [-0.2, -0.15) is 5.10 Å². The number of nitrogens with one attached hydrogen (secondary N) is 2. The Bertz CT molecular complexity index is 1160. The first-order valence-corrected chi connectivity index (χ1v) is 9.85. The lowest BCUT2D eigenvalue weighted by molar-refractivity contribution is -0.115. The molecule has 0 atom stereocenters. The van der Waals surface area contributed by atoms with Crippen LogP contribution in [0.15, 0.2) is 91.3 Å². The number of pyridine rings is 1. The molecule has 0 fully saturated rings. The number of anilines is 1. The first-order valence-electron chi connectivity index (χ1n) is 9.85. The van der Waals surface area contributed by atoms with Crippen LogP contribution in [-0.2, 0) is 11.3 Å². The summed E-state index contributed by atoms with van der Waals surface area (Å²) < 4.78 is 1.74. The number of carbonyl (C=O) groups is 2. The molecule has 4 aromatic rings. The van der Waals surface area contributed by atoms with E-state index in [0.29, 0.717) is 23.6 Å². The van der Waals surface area contributed by atoms with Crippen LogP contribution in [0.25, 0.3) is 11.3 Å². The molecule has 0 radical (unpaired) electrons. The van der Waals surface area contributed by atoms with E-state index in [1.807, 2.05) is 60.7 Å². The average molecular weight is 411 g/mol. The van der Waals surface area contributed by atoms with Gasteiger partial charge in [0.15, 0.2) is 0 Å². The van der Waals surface area contributed by atoms with Crippen LogP contribution in [0.1, 0.15) is 15.9 Å². The minimum Gasteiger partial charge on any atom is -0.343 e. The molecule has 4 rings (SSSR count). The molecular formula is C24H21N5O2. The van der Waals surface area contributed by atoms with Gasteiger partial charge in [0.05, 0.1) is 18.7 Å². The normalized spacial score (nSPS) is 10.5. The van der Waals surface area contributed by atoms with Crippen molar-refractivity contribution in [3.8, 4) is 11.3 Å². The number of hydrogen-bond acceptors (Lipinski definition) is 4. The van der Waals surface area contributed by atoms with Crippen molar-refractivity contribution < 1.29 is 9.59 Å². The van der Waals surface area contributed by atoms with E-state index in [2.05, 4.69) is 20.7 Å². The van der Waals surface area contributed by atoms with Gasteiger partial charge in [-0.1, -0.05) is 66.7 Å². The van der Waals surface area contributed by atoms with Gasteiger partial charge in [-0.3, -0.25) is 14.3 Å². The highest BCUT2D eigenvalue weighted by atomic mass is 16.2. The zero-order valence-electron chi connectivity index (χ0n) is 16.7. The van der Waals surface area contributed by atoms with Crippen molar-refractivity contribution in [3.05, 3.63) is 102 Å². The number of rotatable bonds is 7. The van der Waals surface area contributed by atoms with E-state index < -0.39 is 0 Å². The molecule has 154 valence electrons. The highest BCUT2D eigenvalue weighted by Gasteiger charge is 2.19. The molecule has 2 aromatic heterocycles. The van der Waals surface area contributed by atoms with Gasteiger partial charge in [-0.15, -0.1) is 0 Å². The van der Waals surface area contributed by atoms with Gasteiger partial charge in [0.2, 0.25) is 5.91 Å². The van der Waals surface area contributed by atoms with Crippen LogP contribution in [-0.4, -0.2) is 33.1 Å². The predicted octanol–water partition coefficient (Wildman–Crippen LogP) is 3.36. The Morgan fingerprint density at radius 3 is 2.29 bits per heavy atom. The summed E-state index contributed by atoms with van der Waals surface area (Å²) in [4.78, 5) is 29.1. The molecule has 2 heterocycles. The van der Waals surface area contributed by atoms with Crippen molar-refractivity contribution >= 4 is 17.6 Å². The van der Waals surface area contributed by atoms with Crippen LogP contribution in [0, 0.1) is 0 Å². The topological polar surface area (TPSA) is 88.9 Å². The van der Waals surface area contributed by atoms with Gasteiger partial charge in [0.1, 0.15) is 11.5 Å². The SMILES string of the molecule is O=C(CNC(=O)c1cn(Cc2ccccc2)nc1-c1ccccc1)Nc1ccccn1. The Hall–Kier alpha value is -4.26. The van der Waals surface area contributed by atoms with E-state index in [-0.39, 0.29) is 18.4 Å². The van der Waals surface area contributed by atoms with Crippen LogP contribution < -0.4 is 10.6 Å². The summed E-state index contributed by atoms with van der Waals surface area (Å²) in [7, 11) is 0.